The summed E-state index contributed by atoms with van der Waals surface area (Å²) in [5.74, 6) is -0.309. The maximum Gasteiger partial charge on any atom is 0.391 e. The fourth-order valence-corrected chi connectivity index (χ4v) is 3.76. The van der Waals surface area contributed by atoms with Crippen LogP contribution in [0.4, 0.5) is 13.2 Å². The summed E-state index contributed by atoms with van der Waals surface area (Å²) in [6, 6.07) is 5.82. The Morgan fingerprint density at radius 1 is 1.25 bits per heavy atom. The molecule has 1 aromatic rings. The average Bonchev–Trinajstić information content (AvgIpc) is 2.63. The number of ether oxygens (including phenoxy) is 1. The van der Waals surface area contributed by atoms with E-state index in [1.165, 1.54) is 12.1 Å². The molecule has 1 aliphatic carbocycles. The summed E-state index contributed by atoms with van der Waals surface area (Å²) < 4.78 is 67.1. The van der Waals surface area contributed by atoms with Gasteiger partial charge in [-0.15, -0.1) is 0 Å². The van der Waals surface area contributed by atoms with Crippen LogP contribution in [0.1, 0.15) is 25.7 Å². The van der Waals surface area contributed by atoms with Gasteiger partial charge >= 0.3 is 6.18 Å². The summed E-state index contributed by atoms with van der Waals surface area (Å²) in [6.07, 6.45) is -1.58. The fraction of sp³-hybridized carbons (Fsp3) is 0.611. The largest absolute Gasteiger partial charge is 0.492 e. The molecule has 0 heterocycles. The first-order chi connectivity index (χ1) is 13.1. The fourth-order valence-electron chi connectivity index (χ4n) is 3.13. The van der Waals surface area contributed by atoms with E-state index in [1.54, 1.807) is 19.2 Å². The summed E-state index contributed by atoms with van der Waals surface area (Å²) in [4.78, 5) is 4.26. The van der Waals surface area contributed by atoms with E-state index in [0.717, 1.165) is 6.26 Å². The zero-order chi connectivity index (χ0) is 20.8. The van der Waals surface area contributed by atoms with Gasteiger partial charge in [-0.3, -0.25) is 4.99 Å². The van der Waals surface area contributed by atoms with Gasteiger partial charge in [0.25, 0.3) is 0 Å². The maximum atomic E-state index is 12.9. The molecule has 1 aliphatic rings. The van der Waals surface area contributed by atoms with Crippen LogP contribution in [0.5, 0.6) is 5.75 Å². The van der Waals surface area contributed by atoms with E-state index in [9.17, 15) is 21.6 Å². The van der Waals surface area contributed by atoms with Crippen molar-refractivity contribution in [2.24, 2.45) is 10.9 Å². The zero-order valence-electron chi connectivity index (χ0n) is 15.9. The van der Waals surface area contributed by atoms with Crippen LogP contribution in [0, 0.1) is 5.92 Å². The van der Waals surface area contributed by atoms with Crippen molar-refractivity contribution in [3.63, 3.8) is 0 Å². The van der Waals surface area contributed by atoms with Crippen molar-refractivity contribution < 1.29 is 26.3 Å². The zero-order valence-corrected chi connectivity index (χ0v) is 16.7. The number of hydrogen-bond donors (Lipinski definition) is 2. The Kier molecular flexibility index (Phi) is 7.56. The molecule has 1 saturated carbocycles. The average molecular weight is 421 g/mol. The third kappa shape index (κ3) is 6.88. The first kappa shape index (κ1) is 22.3. The Morgan fingerprint density at radius 2 is 1.93 bits per heavy atom. The van der Waals surface area contributed by atoms with Crippen LogP contribution in [0.3, 0.4) is 0 Å². The van der Waals surface area contributed by atoms with Gasteiger partial charge in [-0.05, 0) is 43.5 Å². The van der Waals surface area contributed by atoms with E-state index in [4.69, 9.17) is 4.74 Å². The van der Waals surface area contributed by atoms with Crippen LogP contribution in [0.15, 0.2) is 34.2 Å². The molecular weight excluding hydrogens is 395 g/mol. The predicted molar refractivity (Wildman–Crippen MR) is 101 cm³/mol. The third-order valence-corrected chi connectivity index (χ3v) is 5.75. The maximum absolute atomic E-state index is 12.9. The lowest BCUT2D eigenvalue weighted by molar-refractivity contribution is -0.183. The van der Waals surface area contributed by atoms with E-state index in [2.05, 4.69) is 15.6 Å². The standard InChI is InChI=1S/C18H26F3N3O3S/c1-22-17(24-14-5-3-4-13(12-14)18(19,20)21)23-10-11-27-15-6-8-16(9-7-15)28(2,25)26/h6-9,13-14H,3-5,10-12H2,1-2H3,(H2,22,23,24). The lowest BCUT2D eigenvalue weighted by atomic mass is 9.85. The van der Waals surface area contributed by atoms with Gasteiger partial charge in [-0.1, -0.05) is 6.42 Å². The number of guanidine groups is 1. The highest BCUT2D eigenvalue weighted by atomic mass is 32.2. The molecule has 1 aromatic carbocycles. The number of sulfone groups is 1. The second-order valence-corrected chi connectivity index (χ2v) is 8.85. The highest BCUT2D eigenvalue weighted by Crippen LogP contribution is 2.37. The number of hydrogen-bond acceptors (Lipinski definition) is 4. The lowest BCUT2D eigenvalue weighted by Crippen LogP contribution is -2.47. The normalized spacial score (nSPS) is 21.2. The molecule has 2 unspecified atom stereocenters. The van der Waals surface area contributed by atoms with Crippen LogP contribution in [-0.2, 0) is 9.84 Å². The van der Waals surface area contributed by atoms with Gasteiger partial charge in [0, 0.05) is 19.3 Å². The van der Waals surface area contributed by atoms with Gasteiger partial charge in [0.1, 0.15) is 12.4 Å². The summed E-state index contributed by atoms with van der Waals surface area (Å²) in [7, 11) is -1.69. The summed E-state index contributed by atoms with van der Waals surface area (Å²) in [5.41, 5.74) is 0. The number of alkyl halides is 3. The van der Waals surface area contributed by atoms with Crippen molar-refractivity contribution in [2.45, 2.75) is 42.8 Å². The second kappa shape index (κ2) is 9.49. The molecule has 2 N–H and O–H groups in total. The van der Waals surface area contributed by atoms with E-state index >= 15 is 0 Å². The number of nitrogens with one attached hydrogen (secondary N) is 2. The van der Waals surface area contributed by atoms with Crippen LogP contribution >= 0.6 is 0 Å². The van der Waals surface area contributed by atoms with Crippen molar-refractivity contribution in [1.82, 2.24) is 10.6 Å². The molecule has 0 amide bonds. The van der Waals surface area contributed by atoms with Crippen LogP contribution in [0.25, 0.3) is 0 Å². The Bertz CT molecular complexity index is 765. The molecule has 10 heteroatoms. The molecule has 28 heavy (non-hydrogen) atoms. The number of benzene rings is 1. The van der Waals surface area contributed by atoms with Crippen molar-refractivity contribution >= 4 is 15.8 Å². The van der Waals surface area contributed by atoms with Gasteiger partial charge in [0.05, 0.1) is 17.4 Å². The van der Waals surface area contributed by atoms with Crippen LogP contribution < -0.4 is 15.4 Å². The van der Waals surface area contributed by atoms with Crippen LogP contribution in [-0.4, -0.2) is 53.1 Å². The van der Waals surface area contributed by atoms with Crippen LogP contribution in [0.2, 0.25) is 0 Å². The van der Waals surface area contributed by atoms with E-state index in [1.807, 2.05) is 0 Å². The van der Waals surface area contributed by atoms with E-state index in [0.29, 0.717) is 31.1 Å². The highest BCUT2D eigenvalue weighted by Gasteiger charge is 2.42. The number of halogens is 3. The van der Waals surface area contributed by atoms with Crippen molar-refractivity contribution in [1.29, 1.82) is 0 Å². The molecule has 0 aliphatic heterocycles. The number of rotatable bonds is 6. The van der Waals surface area contributed by atoms with Gasteiger partial charge in [0.2, 0.25) is 0 Å². The third-order valence-electron chi connectivity index (χ3n) is 4.62. The number of aliphatic imine (C=N–C) groups is 1. The molecule has 2 rings (SSSR count). The van der Waals surface area contributed by atoms with Gasteiger partial charge in [0.15, 0.2) is 15.8 Å². The van der Waals surface area contributed by atoms with Crippen molar-refractivity contribution in [2.75, 3.05) is 26.5 Å². The van der Waals surface area contributed by atoms with Crippen molar-refractivity contribution in [3.8, 4) is 5.75 Å². The highest BCUT2D eigenvalue weighted by molar-refractivity contribution is 7.90. The smallest absolute Gasteiger partial charge is 0.391 e. The Morgan fingerprint density at radius 3 is 2.50 bits per heavy atom. The topological polar surface area (TPSA) is 79.8 Å². The molecule has 158 valence electrons. The minimum absolute atomic E-state index is 0.0490. The Hall–Kier alpha value is -1.97. The van der Waals surface area contributed by atoms with E-state index < -0.39 is 21.9 Å². The lowest BCUT2D eigenvalue weighted by Gasteiger charge is -2.31. The van der Waals surface area contributed by atoms with Gasteiger partial charge < -0.3 is 15.4 Å². The molecule has 0 bridgehead atoms. The Balaban J connectivity index is 1.75. The molecular formula is C18H26F3N3O3S. The molecule has 0 saturated heterocycles. The molecule has 6 nitrogen and oxygen atoms in total. The summed E-state index contributed by atoms with van der Waals surface area (Å²) >= 11 is 0. The van der Waals surface area contributed by atoms with Crippen molar-refractivity contribution in [3.05, 3.63) is 24.3 Å². The molecule has 0 spiro atoms. The first-order valence-electron chi connectivity index (χ1n) is 9.06. The second-order valence-electron chi connectivity index (χ2n) is 6.84. The van der Waals surface area contributed by atoms with Gasteiger partial charge in [-0.25, -0.2) is 8.42 Å². The first-order valence-corrected chi connectivity index (χ1v) is 11.0. The predicted octanol–water partition coefficient (Wildman–Crippen LogP) is 2.76. The summed E-state index contributed by atoms with van der Waals surface area (Å²) in [5, 5.41) is 6.06. The Labute approximate surface area is 163 Å². The molecule has 1 fully saturated rings. The minimum atomic E-state index is -4.15. The monoisotopic (exact) mass is 421 g/mol. The number of nitrogens with zero attached hydrogens (tertiary/aromatic N) is 1. The van der Waals surface area contributed by atoms with Gasteiger partial charge in [-0.2, -0.15) is 13.2 Å². The SMILES string of the molecule is CN=C(NCCOc1ccc(S(C)(=O)=O)cc1)NC1CCCC(C(F)(F)F)C1. The quantitative estimate of drug-likeness (QED) is 0.420. The minimum Gasteiger partial charge on any atom is -0.492 e. The van der Waals surface area contributed by atoms with E-state index in [-0.39, 0.29) is 30.4 Å². The molecule has 2 atom stereocenters. The summed E-state index contributed by atoms with van der Waals surface area (Å²) in [6.45, 7) is 0.678. The molecule has 0 radical (unpaired) electrons. The molecule has 0 aromatic heterocycles.